The number of aromatic amines is 3. The second-order valence-electron chi connectivity index (χ2n) is 13.3. The van der Waals surface area contributed by atoms with Crippen molar-refractivity contribution in [3.05, 3.63) is 156 Å². The van der Waals surface area contributed by atoms with Crippen LogP contribution in [0.15, 0.2) is 121 Å². The van der Waals surface area contributed by atoms with Crippen molar-refractivity contribution in [2.75, 3.05) is 0 Å². The second-order valence-corrected chi connectivity index (χ2v) is 13.3. The SMILES string of the molecule is Cn1c(CN(Cc2cccc(CN(Cc3nc4ccccc4[nH]3)Cc3nc4ccccc4[nH]3)c2)Cc2nc3ccccc3[nH]2)nc2ccccc21. The van der Waals surface area contributed by atoms with Gasteiger partial charge in [0.25, 0.3) is 0 Å². The first kappa shape index (κ1) is 30.9. The van der Waals surface area contributed by atoms with Crippen molar-refractivity contribution in [3.8, 4) is 0 Å². The van der Waals surface area contributed by atoms with Gasteiger partial charge < -0.3 is 19.5 Å². The molecule has 9 aromatic rings. The molecule has 0 amide bonds. The van der Waals surface area contributed by atoms with Crippen LogP contribution in [0.1, 0.15) is 34.4 Å². The lowest BCUT2D eigenvalue weighted by molar-refractivity contribution is 0.231. The highest BCUT2D eigenvalue weighted by Gasteiger charge is 2.18. The van der Waals surface area contributed by atoms with Gasteiger partial charge in [-0.05, 0) is 59.7 Å². The Balaban J connectivity index is 0.997. The molecule has 51 heavy (non-hydrogen) atoms. The maximum Gasteiger partial charge on any atom is 0.123 e. The summed E-state index contributed by atoms with van der Waals surface area (Å²) in [5, 5.41) is 0. The normalized spacial score (nSPS) is 12.1. The zero-order valence-corrected chi connectivity index (χ0v) is 28.4. The molecule has 0 saturated carbocycles. The minimum absolute atomic E-state index is 0.654. The second kappa shape index (κ2) is 13.3. The van der Waals surface area contributed by atoms with Crippen LogP contribution >= 0.6 is 0 Å². The topological polar surface area (TPSA) is 110 Å². The van der Waals surface area contributed by atoms with Crippen LogP contribution in [0.5, 0.6) is 0 Å². The molecule has 10 nitrogen and oxygen atoms in total. The highest BCUT2D eigenvalue weighted by molar-refractivity contribution is 5.77. The van der Waals surface area contributed by atoms with Gasteiger partial charge in [-0.25, -0.2) is 19.9 Å². The molecule has 4 aromatic heterocycles. The summed E-state index contributed by atoms with van der Waals surface area (Å²) in [6.45, 7) is 4.11. The van der Waals surface area contributed by atoms with Gasteiger partial charge in [-0.1, -0.05) is 72.8 Å². The number of para-hydroxylation sites is 8. The van der Waals surface area contributed by atoms with E-state index in [4.69, 9.17) is 19.9 Å². The van der Waals surface area contributed by atoms with Crippen LogP contribution in [0, 0.1) is 0 Å². The number of nitrogens with zero attached hydrogens (tertiary/aromatic N) is 7. The van der Waals surface area contributed by atoms with Gasteiger partial charge in [0, 0.05) is 20.1 Å². The molecule has 0 atom stereocenters. The fraction of sp³-hybridized carbons (Fsp3) is 0.171. The van der Waals surface area contributed by atoms with Gasteiger partial charge in [-0.15, -0.1) is 0 Å². The summed E-state index contributed by atoms with van der Waals surface area (Å²) in [4.78, 5) is 35.1. The van der Waals surface area contributed by atoms with Gasteiger partial charge in [0.05, 0.1) is 70.3 Å². The molecular weight excluding hydrogens is 633 g/mol. The van der Waals surface area contributed by atoms with E-state index < -0.39 is 0 Å². The first-order valence-electron chi connectivity index (χ1n) is 17.3. The van der Waals surface area contributed by atoms with Crippen LogP contribution in [0.2, 0.25) is 0 Å². The fourth-order valence-corrected chi connectivity index (χ4v) is 7.09. The van der Waals surface area contributed by atoms with Gasteiger partial charge >= 0.3 is 0 Å². The first-order valence-corrected chi connectivity index (χ1v) is 17.3. The van der Waals surface area contributed by atoms with Crippen molar-refractivity contribution < 1.29 is 0 Å². The molecule has 10 heteroatoms. The van der Waals surface area contributed by atoms with E-state index in [2.05, 4.69) is 103 Å². The number of aromatic nitrogens is 8. The summed E-state index contributed by atoms with van der Waals surface area (Å²) in [6, 6.07) is 41.8. The standard InChI is InChI=1S/C41H38N10/c1-49-37-20-9-8-19-36(37)48-41(49)27-51(26-40-46-34-17-6-7-18-35(34)47-40)23-29-12-10-11-28(21-29)22-50(24-38-42-30-13-2-3-14-31(30)43-38)25-39-44-32-15-4-5-16-33(32)45-39/h2-21H,22-27H2,1H3,(H,42,43)(H,44,45)(H,46,47). The van der Waals surface area contributed by atoms with Crippen molar-refractivity contribution in [1.29, 1.82) is 0 Å². The number of hydrogen-bond donors (Lipinski definition) is 3. The van der Waals surface area contributed by atoms with Gasteiger partial charge in [0.1, 0.15) is 23.3 Å². The molecule has 0 radical (unpaired) electrons. The number of H-pyrrole nitrogens is 3. The quantitative estimate of drug-likeness (QED) is 0.123. The van der Waals surface area contributed by atoms with Crippen molar-refractivity contribution in [2.24, 2.45) is 7.05 Å². The summed E-state index contributed by atoms with van der Waals surface area (Å²) >= 11 is 0. The number of aryl methyl sites for hydroxylation is 1. The lowest BCUT2D eigenvalue weighted by Gasteiger charge is -2.23. The van der Waals surface area contributed by atoms with Crippen LogP contribution in [0.4, 0.5) is 0 Å². The van der Waals surface area contributed by atoms with Crippen molar-refractivity contribution in [2.45, 2.75) is 39.3 Å². The van der Waals surface area contributed by atoms with E-state index in [0.29, 0.717) is 26.2 Å². The maximum absolute atomic E-state index is 5.01. The smallest absolute Gasteiger partial charge is 0.123 e. The zero-order valence-electron chi connectivity index (χ0n) is 28.4. The molecule has 0 bridgehead atoms. The summed E-state index contributed by atoms with van der Waals surface area (Å²) in [5.41, 5.74) is 10.7. The van der Waals surface area contributed by atoms with E-state index >= 15 is 0 Å². The van der Waals surface area contributed by atoms with E-state index in [9.17, 15) is 0 Å². The average Bonchev–Trinajstić information content (AvgIpc) is 3.92. The maximum atomic E-state index is 5.01. The van der Waals surface area contributed by atoms with E-state index in [0.717, 1.165) is 80.5 Å². The van der Waals surface area contributed by atoms with Crippen LogP contribution in [-0.2, 0) is 46.3 Å². The minimum atomic E-state index is 0.654. The minimum Gasteiger partial charge on any atom is -0.341 e. The Morgan fingerprint density at radius 2 is 0.882 bits per heavy atom. The van der Waals surface area contributed by atoms with Crippen molar-refractivity contribution in [3.63, 3.8) is 0 Å². The zero-order chi connectivity index (χ0) is 34.1. The molecule has 3 N–H and O–H groups in total. The Hall–Kier alpha value is -6.10. The predicted molar refractivity (Wildman–Crippen MR) is 201 cm³/mol. The molecule has 4 heterocycles. The molecule has 0 fully saturated rings. The monoisotopic (exact) mass is 670 g/mol. The molecule has 252 valence electrons. The summed E-state index contributed by atoms with van der Waals surface area (Å²) < 4.78 is 2.20. The number of imidazole rings is 4. The fourth-order valence-electron chi connectivity index (χ4n) is 7.09. The molecule has 9 rings (SSSR count). The number of hydrogen-bond acceptors (Lipinski definition) is 6. The number of benzene rings is 5. The summed E-state index contributed by atoms with van der Waals surface area (Å²) in [5.74, 6) is 3.83. The van der Waals surface area contributed by atoms with Crippen LogP contribution in [0.25, 0.3) is 44.1 Å². The van der Waals surface area contributed by atoms with E-state index in [-0.39, 0.29) is 0 Å². The highest BCUT2D eigenvalue weighted by Crippen LogP contribution is 2.22. The third kappa shape index (κ3) is 6.62. The van der Waals surface area contributed by atoms with Gasteiger partial charge in [-0.3, -0.25) is 9.80 Å². The molecular formula is C41H38N10. The van der Waals surface area contributed by atoms with Gasteiger partial charge in [0.15, 0.2) is 0 Å². The Bertz CT molecular complexity index is 2430. The Morgan fingerprint density at radius 1 is 0.451 bits per heavy atom. The Kier molecular flexibility index (Phi) is 8.07. The van der Waals surface area contributed by atoms with E-state index in [1.807, 2.05) is 54.6 Å². The lowest BCUT2D eigenvalue weighted by Crippen LogP contribution is -2.25. The Morgan fingerprint density at radius 3 is 1.35 bits per heavy atom. The highest BCUT2D eigenvalue weighted by atomic mass is 15.2. The summed E-state index contributed by atoms with van der Waals surface area (Å²) in [6.07, 6.45) is 0. The lowest BCUT2D eigenvalue weighted by atomic mass is 10.1. The molecule has 5 aromatic carbocycles. The Labute approximate surface area is 294 Å². The molecule has 0 aliphatic heterocycles. The largest absolute Gasteiger partial charge is 0.341 e. The predicted octanol–water partition coefficient (Wildman–Crippen LogP) is 7.61. The van der Waals surface area contributed by atoms with Crippen LogP contribution in [-0.4, -0.2) is 49.3 Å². The van der Waals surface area contributed by atoms with E-state index in [1.54, 1.807) is 0 Å². The van der Waals surface area contributed by atoms with Crippen molar-refractivity contribution >= 4 is 44.1 Å². The third-order valence-electron chi connectivity index (χ3n) is 9.48. The molecule has 0 aliphatic carbocycles. The van der Waals surface area contributed by atoms with Crippen LogP contribution < -0.4 is 0 Å². The van der Waals surface area contributed by atoms with Gasteiger partial charge in [0.2, 0.25) is 0 Å². The molecule has 0 spiro atoms. The van der Waals surface area contributed by atoms with Crippen LogP contribution in [0.3, 0.4) is 0 Å². The van der Waals surface area contributed by atoms with E-state index in [1.165, 1.54) is 11.1 Å². The molecule has 0 saturated heterocycles. The number of rotatable bonds is 12. The van der Waals surface area contributed by atoms with Crippen molar-refractivity contribution in [1.82, 2.24) is 49.3 Å². The molecule has 0 unspecified atom stereocenters. The number of nitrogens with one attached hydrogen (secondary N) is 3. The van der Waals surface area contributed by atoms with Gasteiger partial charge in [-0.2, -0.15) is 0 Å². The summed E-state index contributed by atoms with van der Waals surface area (Å²) in [7, 11) is 2.10. The average molecular weight is 671 g/mol. The first-order chi connectivity index (χ1) is 25.1. The molecule has 0 aliphatic rings. The number of fused-ring (bicyclic) bond motifs is 4. The third-order valence-corrected chi connectivity index (χ3v) is 9.48.